The molecule has 21 heavy (non-hydrogen) atoms. The molecule has 1 aromatic carbocycles. The highest BCUT2D eigenvalue weighted by molar-refractivity contribution is 5.79. The molecule has 2 N–H and O–H groups in total. The van der Waals surface area contributed by atoms with Gasteiger partial charge in [-0.1, -0.05) is 18.2 Å². The third kappa shape index (κ3) is 3.49. The van der Waals surface area contributed by atoms with Gasteiger partial charge in [-0.3, -0.25) is 4.79 Å². The molecular formula is C16H21N3O2. The molecular weight excluding hydrogens is 266 g/mol. The average molecular weight is 287 g/mol. The predicted molar refractivity (Wildman–Crippen MR) is 81.4 cm³/mol. The van der Waals surface area contributed by atoms with Crippen molar-refractivity contribution in [2.75, 3.05) is 6.61 Å². The summed E-state index contributed by atoms with van der Waals surface area (Å²) < 4.78 is 1.85. The molecule has 5 heteroatoms. The molecule has 1 unspecified atom stereocenters. The number of aliphatic hydroxyl groups is 1. The largest absolute Gasteiger partial charge is 0.394 e. The van der Waals surface area contributed by atoms with Crippen LogP contribution in [0.25, 0.3) is 5.69 Å². The number of benzene rings is 1. The van der Waals surface area contributed by atoms with E-state index in [-0.39, 0.29) is 25.0 Å². The number of aryl methyl sites for hydroxylation is 1. The van der Waals surface area contributed by atoms with Crippen LogP contribution < -0.4 is 5.32 Å². The molecule has 0 fully saturated rings. The molecule has 0 aliphatic heterocycles. The molecule has 0 aliphatic rings. The van der Waals surface area contributed by atoms with E-state index in [1.165, 1.54) is 0 Å². The molecule has 2 aromatic rings. The smallest absolute Gasteiger partial charge is 0.224 e. The summed E-state index contributed by atoms with van der Waals surface area (Å²) in [5.74, 6) is -0.102. The van der Waals surface area contributed by atoms with Crippen LogP contribution in [-0.2, 0) is 11.2 Å². The maximum absolute atomic E-state index is 12.0. The van der Waals surface area contributed by atoms with E-state index in [4.69, 9.17) is 5.11 Å². The molecule has 0 saturated heterocycles. The number of aromatic nitrogens is 2. The van der Waals surface area contributed by atoms with Crippen LogP contribution in [0.4, 0.5) is 0 Å². The lowest BCUT2D eigenvalue weighted by Crippen LogP contribution is -2.36. The van der Waals surface area contributed by atoms with E-state index < -0.39 is 0 Å². The SMILES string of the molecule is Cc1nn(-c2ccccc2)c(C)c1CC(=O)NC(C)CO. The van der Waals surface area contributed by atoms with Crippen molar-refractivity contribution in [1.29, 1.82) is 0 Å². The third-order valence-corrected chi connectivity index (χ3v) is 3.46. The Balaban J connectivity index is 2.22. The minimum absolute atomic E-state index is 0.0625. The van der Waals surface area contributed by atoms with Crippen LogP contribution in [0.2, 0.25) is 0 Å². The number of aliphatic hydroxyl groups excluding tert-OH is 1. The van der Waals surface area contributed by atoms with Crippen LogP contribution in [0.1, 0.15) is 23.9 Å². The summed E-state index contributed by atoms with van der Waals surface area (Å²) in [7, 11) is 0. The predicted octanol–water partition coefficient (Wildman–Crippen LogP) is 1.53. The van der Waals surface area contributed by atoms with Crippen molar-refractivity contribution in [2.45, 2.75) is 33.2 Å². The summed E-state index contributed by atoms with van der Waals surface area (Å²) in [6, 6.07) is 9.61. The van der Waals surface area contributed by atoms with Crippen molar-refractivity contribution in [2.24, 2.45) is 0 Å². The van der Waals surface area contributed by atoms with E-state index >= 15 is 0 Å². The Labute approximate surface area is 124 Å². The molecule has 1 amide bonds. The van der Waals surface area contributed by atoms with Crippen LogP contribution >= 0.6 is 0 Å². The van der Waals surface area contributed by atoms with Gasteiger partial charge in [0.1, 0.15) is 0 Å². The van der Waals surface area contributed by atoms with Crippen LogP contribution in [0, 0.1) is 13.8 Å². The topological polar surface area (TPSA) is 67.2 Å². The van der Waals surface area contributed by atoms with Crippen LogP contribution in [-0.4, -0.2) is 33.4 Å². The van der Waals surface area contributed by atoms with Crippen LogP contribution in [0.3, 0.4) is 0 Å². The van der Waals surface area contributed by atoms with E-state index in [2.05, 4.69) is 10.4 Å². The lowest BCUT2D eigenvalue weighted by Gasteiger charge is -2.11. The highest BCUT2D eigenvalue weighted by atomic mass is 16.3. The Morgan fingerprint density at radius 1 is 1.33 bits per heavy atom. The third-order valence-electron chi connectivity index (χ3n) is 3.46. The Hall–Kier alpha value is -2.14. The molecule has 112 valence electrons. The second kappa shape index (κ2) is 6.54. The minimum atomic E-state index is -0.234. The van der Waals surface area contributed by atoms with Crippen molar-refractivity contribution < 1.29 is 9.90 Å². The zero-order chi connectivity index (χ0) is 15.4. The molecule has 1 heterocycles. The molecule has 1 aromatic heterocycles. The number of carbonyl (C=O) groups is 1. The van der Waals surface area contributed by atoms with Gasteiger partial charge in [0.25, 0.3) is 0 Å². The van der Waals surface area contributed by atoms with Crippen molar-refractivity contribution in [1.82, 2.24) is 15.1 Å². The number of nitrogens with zero attached hydrogens (tertiary/aromatic N) is 2. The Morgan fingerprint density at radius 2 is 2.00 bits per heavy atom. The number of para-hydroxylation sites is 1. The summed E-state index contributed by atoms with van der Waals surface area (Å²) in [5.41, 5.74) is 3.73. The normalized spacial score (nSPS) is 12.2. The monoisotopic (exact) mass is 287 g/mol. The van der Waals surface area contributed by atoms with Crippen molar-refractivity contribution in [3.63, 3.8) is 0 Å². The summed E-state index contributed by atoms with van der Waals surface area (Å²) in [6.45, 7) is 5.58. The summed E-state index contributed by atoms with van der Waals surface area (Å²) in [4.78, 5) is 12.0. The Bertz CT molecular complexity index is 620. The lowest BCUT2D eigenvalue weighted by molar-refractivity contribution is -0.121. The van der Waals surface area contributed by atoms with Gasteiger partial charge < -0.3 is 10.4 Å². The maximum Gasteiger partial charge on any atom is 0.224 e. The molecule has 0 spiro atoms. The van der Waals surface area contributed by atoms with Crippen molar-refractivity contribution in [3.05, 3.63) is 47.3 Å². The lowest BCUT2D eigenvalue weighted by atomic mass is 10.1. The summed E-state index contributed by atoms with van der Waals surface area (Å²) >= 11 is 0. The first-order valence-corrected chi connectivity index (χ1v) is 7.03. The quantitative estimate of drug-likeness (QED) is 0.876. The Morgan fingerprint density at radius 3 is 2.62 bits per heavy atom. The first-order valence-electron chi connectivity index (χ1n) is 7.03. The highest BCUT2D eigenvalue weighted by Gasteiger charge is 2.16. The standard InChI is InChI=1S/C16H21N3O2/c1-11(10-20)17-16(21)9-15-12(2)18-19(13(15)3)14-7-5-4-6-8-14/h4-8,11,20H,9-10H2,1-3H3,(H,17,21). The zero-order valence-electron chi connectivity index (χ0n) is 12.6. The van der Waals surface area contributed by atoms with Gasteiger partial charge in [-0.15, -0.1) is 0 Å². The van der Waals surface area contributed by atoms with Crippen LogP contribution in [0.15, 0.2) is 30.3 Å². The van der Waals surface area contributed by atoms with Gasteiger partial charge in [0.05, 0.1) is 24.4 Å². The van der Waals surface area contributed by atoms with Gasteiger partial charge >= 0.3 is 0 Å². The van der Waals surface area contributed by atoms with Crippen molar-refractivity contribution in [3.8, 4) is 5.69 Å². The fourth-order valence-electron chi connectivity index (χ4n) is 2.28. The number of hydrogen-bond acceptors (Lipinski definition) is 3. The first kappa shape index (κ1) is 15.3. The van der Waals surface area contributed by atoms with Crippen LogP contribution in [0.5, 0.6) is 0 Å². The van der Waals surface area contributed by atoms with Gasteiger partial charge in [0.15, 0.2) is 0 Å². The van der Waals surface area contributed by atoms with E-state index in [0.29, 0.717) is 0 Å². The number of hydrogen-bond donors (Lipinski definition) is 2. The molecule has 0 saturated carbocycles. The second-order valence-electron chi connectivity index (χ2n) is 5.22. The van der Waals surface area contributed by atoms with Crippen molar-refractivity contribution >= 4 is 5.91 Å². The highest BCUT2D eigenvalue weighted by Crippen LogP contribution is 2.18. The fourth-order valence-corrected chi connectivity index (χ4v) is 2.28. The fraction of sp³-hybridized carbons (Fsp3) is 0.375. The number of nitrogens with one attached hydrogen (secondary N) is 1. The van der Waals surface area contributed by atoms with E-state index in [0.717, 1.165) is 22.6 Å². The second-order valence-corrected chi connectivity index (χ2v) is 5.22. The maximum atomic E-state index is 12.0. The summed E-state index contributed by atoms with van der Waals surface area (Å²) in [6.07, 6.45) is 0.273. The van der Waals surface area contributed by atoms with E-state index in [1.807, 2.05) is 48.9 Å². The summed E-state index contributed by atoms with van der Waals surface area (Å²) in [5, 5.41) is 16.3. The van der Waals surface area contributed by atoms with Gasteiger partial charge in [0, 0.05) is 17.3 Å². The first-order chi connectivity index (χ1) is 10.0. The van der Waals surface area contributed by atoms with E-state index in [1.54, 1.807) is 6.92 Å². The molecule has 0 bridgehead atoms. The molecule has 2 rings (SSSR count). The van der Waals surface area contributed by atoms with Gasteiger partial charge in [-0.05, 0) is 32.9 Å². The zero-order valence-corrected chi connectivity index (χ0v) is 12.6. The van der Waals surface area contributed by atoms with E-state index in [9.17, 15) is 4.79 Å². The Kier molecular flexibility index (Phi) is 4.75. The molecule has 1 atom stereocenters. The minimum Gasteiger partial charge on any atom is -0.394 e. The van der Waals surface area contributed by atoms with Gasteiger partial charge in [-0.2, -0.15) is 5.10 Å². The van der Waals surface area contributed by atoms with Gasteiger partial charge in [0.2, 0.25) is 5.91 Å². The number of rotatable bonds is 5. The number of amides is 1. The number of carbonyl (C=O) groups excluding carboxylic acids is 1. The van der Waals surface area contributed by atoms with Gasteiger partial charge in [-0.25, -0.2) is 4.68 Å². The molecule has 5 nitrogen and oxygen atoms in total. The average Bonchev–Trinajstić information content (AvgIpc) is 2.76. The molecule has 0 aliphatic carbocycles. The molecule has 0 radical (unpaired) electrons.